The third-order valence-corrected chi connectivity index (χ3v) is 6.08. The summed E-state index contributed by atoms with van der Waals surface area (Å²) in [6.07, 6.45) is 4.01. The molecule has 1 heterocycles. The SMILES string of the molecule is Cc1ccc(CCCCC(=O)NCCN2CCCS2(=O)=O)cc1. The normalized spacial score (nSPS) is 17.3. The van der Waals surface area contributed by atoms with Crippen LogP contribution in [0.5, 0.6) is 0 Å². The van der Waals surface area contributed by atoms with Gasteiger partial charge in [0.25, 0.3) is 0 Å². The van der Waals surface area contributed by atoms with Crippen LogP contribution in [0.4, 0.5) is 0 Å². The number of sulfonamides is 1. The maximum Gasteiger partial charge on any atom is 0.220 e. The van der Waals surface area contributed by atoms with E-state index in [1.165, 1.54) is 15.4 Å². The molecule has 23 heavy (non-hydrogen) atoms. The third kappa shape index (κ3) is 5.95. The first kappa shape index (κ1) is 17.9. The molecule has 1 aromatic rings. The summed E-state index contributed by atoms with van der Waals surface area (Å²) in [6.45, 7) is 3.43. The summed E-state index contributed by atoms with van der Waals surface area (Å²) >= 11 is 0. The van der Waals surface area contributed by atoms with Crippen molar-refractivity contribution in [2.24, 2.45) is 0 Å². The molecule has 1 fully saturated rings. The molecule has 2 rings (SSSR count). The predicted molar refractivity (Wildman–Crippen MR) is 91.7 cm³/mol. The molecule has 0 saturated carbocycles. The molecule has 0 radical (unpaired) electrons. The van der Waals surface area contributed by atoms with Crippen LogP contribution in [0, 0.1) is 6.92 Å². The van der Waals surface area contributed by atoms with E-state index < -0.39 is 10.0 Å². The second-order valence-corrected chi connectivity index (χ2v) is 8.20. The minimum atomic E-state index is -3.06. The predicted octanol–water partition coefficient (Wildman–Crippen LogP) is 1.86. The lowest BCUT2D eigenvalue weighted by atomic mass is 10.1. The molecular formula is C17H26N2O3S. The first-order chi connectivity index (χ1) is 11.0. The molecule has 0 atom stereocenters. The summed E-state index contributed by atoms with van der Waals surface area (Å²) in [7, 11) is -3.06. The zero-order valence-corrected chi connectivity index (χ0v) is 14.6. The molecule has 0 bridgehead atoms. The van der Waals surface area contributed by atoms with Gasteiger partial charge in [0.1, 0.15) is 0 Å². The van der Waals surface area contributed by atoms with E-state index in [1.807, 2.05) is 0 Å². The lowest BCUT2D eigenvalue weighted by molar-refractivity contribution is -0.121. The molecule has 5 nitrogen and oxygen atoms in total. The van der Waals surface area contributed by atoms with Gasteiger partial charge < -0.3 is 5.32 Å². The number of hydrogen-bond acceptors (Lipinski definition) is 3. The molecule has 128 valence electrons. The van der Waals surface area contributed by atoms with E-state index >= 15 is 0 Å². The molecule has 0 unspecified atom stereocenters. The van der Waals surface area contributed by atoms with Gasteiger partial charge in [0.05, 0.1) is 5.75 Å². The van der Waals surface area contributed by atoms with Crippen LogP contribution in [-0.4, -0.2) is 44.0 Å². The van der Waals surface area contributed by atoms with Gasteiger partial charge in [-0.15, -0.1) is 0 Å². The van der Waals surface area contributed by atoms with Crippen LogP contribution in [0.1, 0.15) is 36.8 Å². The Hall–Kier alpha value is -1.40. The lowest BCUT2D eigenvalue weighted by Crippen LogP contribution is -2.35. The molecule has 1 saturated heterocycles. The van der Waals surface area contributed by atoms with Crippen molar-refractivity contribution in [3.63, 3.8) is 0 Å². The van der Waals surface area contributed by atoms with Crippen LogP contribution < -0.4 is 5.32 Å². The van der Waals surface area contributed by atoms with Gasteiger partial charge in [-0.05, 0) is 38.2 Å². The fraction of sp³-hybridized carbons (Fsp3) is 0.588. The highest BCUT2D eigenvalue weighted by Crippen LogP contribution is 2.12. The molecule has 1 amide bonds. The number of unbranched alkanes of at least 4 members (excludes halogenated alkanes) is 1. The Morgan fingerprint density at radius 2 is 1.96 bits per heavy atom. The summed E-state index contributed by atoms with van der Waals surface area (Å²) in [6, 6.07) is 8.47. The van der Waals surface area contributed by atoms with E-state index in [0.717, 1.165) is 19.3 Å². The van der Waals surface area contributed by atoms with Crippen LogP contribution in [0.3, 0.4) is 0 Å². The van der Waals surface area contributed by atoms with Crippen LogP contribution in [0.15, 0.2) is 24.3 Å². The van der Waals surface area contributed by atoms with Crippen LogP contribution >= 0.6 is 0 Å². The van der Waals surface area contributed by atoms with E-state index in [2.05, 4.69) is 36.5 Å². The van der Waals surface area contributed by atoms with Gasteiger partial charge in [-0.2, -0.15) is 0 Å². The Morgan fingerprint density at radius 3 is 2.61 bits per heavy atom. The highest BCUT2D eigenvalue weighted by atomic mass is 32.2. The van der Waals surface area contributed by atoms with Crippen molar-refractivity contribution in [2.75, 3.05) is 25.4 Å². The smallest absolute Gasteiger partial charge is 0.220 e. The van der Waals surface area contributed by atoms with Gasteiger partial charge in [0.2, 0.25) is 15.9 Å². The van der Waals surface area contributed by atoms with E-state index in [-0.39, 0.29) is 11.7 Å². The number of aryl methyl sites for hydroxylation is 2. The van der Waals surface area contributed by atoms with Gasteiger partial charge in [0.15, 0.2) is 0 Å². The molecule has 0 aliphatic carbocycles. The van der Waals surface area contributed by atoms with Gasteiger partial charge in [-0.25, -0.2) is 12.7 Å². The number of carbonyl (C=O) groups is 1. The molecule has 1 N–H and O–H groups in total. The fourth-order valence-electron chi connectivity index (χ4n) is 2.72. The minimum absolute atomic E-state index is 0.00509. The molecule has 6 heteroatoms. The summed E-state index contributed by atoms with van der Waals surface area (Å²) < 4.78 is 24.7. The lowest BCUT2D eigenvalue weighted by Gasteiger charge is -2.14. The Morgan fingerprint density at radius 1 is 1.22 bits per heavy atom. The Balaban J connectivity index is 1.56. The Bertz CT molecular complexity index is 611. The molecule has 1 aromatic carbocycles. The van der Waals surface area contributed by atoms with Gasteiger partial charge in [0, 0.05) is 26.1 Å². The number of benzene rings is 1. The summed E-state index contributed by atoms with van der Waals surface area (Å²) in [4.78, 5) is 11.8. The zero-order chi connectivity index (χ0) is 16.7. The molecule has 0 spiro atoms. The largest absolute Gasteiger partial charge is 0.355 e. The van der Waals surface area contributed by atoms with Crippen LogP contribution in [0.2, 0.25) is 0 Å². The highest BCUT2D eigenvalue weighted by Gasteiger charge is 2.27. The summed E-state index contributed by atoms with van der Waals surface area (Å²) in [5.74, 6) is 0.241. The summed E-state index contributed by atoms with van der Waals surface area (Å²) in [5, 5.41) is 2.81. The molecule has 1 aliphatic heterocycles. The Kier molecular flexibility index (Phi) is 6.59. The first-order valence-corrected chi connectivity index (χ1v) is 9.88. The average molecular weight is 338 g/mol. The monoisotopic (exact) mass is 338 g/mol. The fourth-order valence-corrected chi connectivity index (χ4v) is 4.25. The second-order valence-electron chi connectivity index (χ2n) is 6.11. The van der Waals surface area contributed by atoms with Gasteiger partial charge in [-0.1, -0.05) is 29.8 Å². The van der Waals surface area contributed by atoms with E-state index in [9.17, 15) is 13.2 Å². The maximum absolute atomic E-state index is 11.8. The van der Waals surface area contributed by atoms with Crippen molar-refractivity contribution in [3.8, 4) is 0 Å². The van der Waals surface area contributed by atoms with Crippen molar-refractivity contribution in [2.45, 2.75) is 39.0 Å². The molecular weight excluding hydrogens is 312 g/mol. The number of rotatable bonds is 8. The topological polar surface area (TPSA) is 66.5 Å². The second kappa shape index (κ2) is 8.45. The number of nitrogens with zero attached hydrogens (tertiary/aromatic N) is 1. The zero-order valence-electron chi connectivity index (χ0n) is 13.8. The number of hydrogen-bond donors (Lipinski definition) is 1. The number of nitrogens with one attached hydrogen (secondary N) is 1. The van der Waals surface area contributed by atoms with Crippen molar-refractivity contribution in [3.05, 3.63) is 35.4 Å². The third-order valence-electron chi connectivity index (χ3n) is 4.13. The van der Waals surface area contributed by atoms with E-state index in [1.54, 1.807) is 0 Å². The van der Waals surface area contributed by atoms with Crippen LogP contribution in [-0.2, 0) is 21.2 Å². The average Bonchev–Trinajstić information content (AvgIpc) is 2.84. The summed E-state index contributed by atoms with van der Waals surface area (Å²) in [5.41, 5.74) is 2.56. The minimum Gasteiger partial charge on any atom is -0.355 e. The van der Waals surface area contributed by atoms with Crippen molar-refractivity contribution >= 4 is 15.9 Å². The van der Waals surface area contributed by atoms with Crippen molar-refractivity contribution in [1.82, 2.24) is 9.62 Å². The molecule has 0 aromatic heterocycles. The maximum atomic E-state index is 11.8. The number of amides is 1. The van der Waals surface area contributed by atoms with Crippen molar-refractivity contribution < 1.29 is 13.2 Å². The molecule has 1 aliphatic rings. The van der Waals surface area contributed by atoms with Crippen LogP contribution in [0.25, 0.3) is 0 Å². The Labute approximate surface area is 139 Å². The number of carbonyl (C=O) groups excluding carboxylic acids is 1. The quantitative estimate of drug-likeness (QED) is 0.736. The van der Waals surface area contributed by atoms with Crippen molar-refractivity contribution in [1.29, 1.82) is 0 Å². The highest BCUT2D eigenvalue weighted by molar-refractivity contribution is 7.89. The van der Waals surface area contributed by atoms with Gasteiger partial charge in [-0.3, -0.25) is 4.79 Å². The van der Waals surface area contributed by atoms with E-state index in [4.69, 9.17) is 0 Å². The van der Waals surface area contributed by atoms with E-state index in [0.29, 0.717) is 32.5 Å². The standard InChI is InChI=1S/C17H26N2O3S/c1-15-7-9-16(10-8-15)5-2-3-6-17(20)18-11-13-19-12-4-14-23(19,21)22/h7-10H,2-6,11-14H2,1H3,(H,18,20). The first-order valence-electron chi connectivity index (χ1n) is 8.27. The van der Waals surface area contributed by atoms with Gasteiger partial charge >= 0.3 is 0 Å².